The van der Waals surface area contributed by atoms with E-state index in [1.807, 2.05) is 31.2 Å². The Bertz CT molecular complexity index is 1180. The molecular formula is C24H26N4O3S. The predicted octanol–water partition coefficient (Wildman–Crippen LogP) is 5.68. The van der Waals surface area contributed by atoms with Crippen molar-refractivity contribution in [2.75, 3.05) is 0 Å². The number of hydrogen-bond acceptors (Lipinski definition) is 6. The number of Topliss-reactive ketones (excluding diaryl/α,β-unsaturated/α-hetero) is 1. The predicted molar refractivity (Wildman–Crippen MR) is 124 cm³/mol. The lowest BCUT2D eigenvalue weighted by Crippen LogP contribution is -2.28. The number of carbonyl (C=O) groups excluding carboxylic acids is 2. The first-order valence-corrected chi connectivity index (χ1v) is 11.8. The van der Waals surface area contributed by atoms with Gasteiger partial charge in [-0.05, 0) is 25.0 Å². The molecule has 0 radical (unpaired) electrons. The third-order valence-corrected chi connectivity index (χ3v) is 6.27. The summed E-state index contributed by atoms with van der Waals surface area (Å²) in [6, 6.07) is 7.63. The van der Waals surface area contributed by atoms with Crippen LogP contribution in [-0.4, -0.2) is 26.6 Å². The van der Waals surface area contributed by atoms with Crippen LogP contribution in [0.1, 0.15) is 67.0 Å². The molecule has 4 aromatic rings. The minimum atomic E-state index is -0.268. The molecule has 0 unspecified atom stereocenters. The maximum Gasteiger partial charge on any atom is 0.263 e. The van der Waals surface area contributed by atoms with Crippen LogP contribution in [0.15, 0.2) is 52.9 Å². The van der Waals surface area contributed by atoms with Crippen LogP contribution in [-0.2, 0) is 4.79 Å². The molecule has 3 aromatic heterocycles. The lowest BCUT2D eigenvalue weighted by atomic mass is 10.0. The molecule has 166 valence electrons. The Morgan fingerprint density at radius 2 is 2.09 bits per heavy atom. The van der Waals surface area contributed by atoms with Crippen molar-refractivity contribution < 1.29 is 14.0 Å². The number of fused-ring (bicyclic) bond motifs is 1. The number of imidazole rings is 1. The van der Waals surface area contributed by atoms with E-state index in [0.29, 0.717) is 29.3 Å². The SMILES string of the molecule is CCC(=O)CCCCC[C@H](NC(=O)c1cncs1)c1ncc(-c2cccc3ccoc23)[nH]1. The number of para-hydroxylation sites is 1. The van der Waals surface area contributed by atoms with Crippen molar-refractivity contribution >= 4 is 34.0 Å². The van der Waals surface area contributed by atoms with Crippen LogP contribution in [0.4, 0.5) is 0 Å². The van der Waals surface area contributed by atoms with E-state index in [-0.39, 0.29) is 11.9 Å². The lowest BCUT2D eigenvalue weighted by molar-refractivity contribution is -0.118. The zero-order valence-corrected chi connectivity index (χ0v) is 18.8. The minimum absolute atomic E-state index is 0.162. The van der Waals surface area contributed by atoms with Crippen LogP contribution >= 0.6 is 11.3 Å². The zero-order chi connectivity index (χ0) is 22.3. The number of rotatable bonds is 11. The summed E-state index contributed by atoms with van der Waals surface area (Å²) in [6.07, 6.45) is 9.63. The van der Waals surface area contributed by atoms with Crippen molar-refractivity contribution in [2.24, 2.45) is 0 Å². The molecule has 4 rings (SSSR count). The Kier molecular flexibility index (Phi) is 7.11. The maximum atomic E-state index is 12.7. The van der Waals surface area contributed by atoms with Gasteiger partial charge in [-0.15, -0.1) is 11.3 Å². The molecule has 2 N–H and O–H groups in total. The van der Waals surface area contributed by atoms with Crippen LogP contribution < -0.4 is 5.32 Å². The summed E-state index contributed by atoms with van der Waals surface area (Å²) >= 11 is 1.31. The third kappa shape index (κ3) is 5.13. The Labute approximate surface area is 190 Å². The molecule has 0 spiro atoms. The van der Waals surface area contributed by atoms with E-state index in [1.165, 1.54) is 11.3 Å². The standard InChI is InChI=1S/C24H26N4O3S/c1-2-17(29)8-4-3-5-10-19(28-24(30)21-14-25-15-32-21)23-26-13-20(27-23)18-9-6-7-16-11-12-31-22(16)18/h6-7,9,11-15,19H,2-5,8,10H2,1H3,(H,26,27)(H,28,30)/t19-/m0/s1. The molecule has 1 atom stereocenters. The first-order valence-electron chi connectivity index (χ1n) is 10.9. The Morgan fingerprint density at radius 1 is 1.19 bits per heavy atom. The van der Waals surface area contributed by atoms with Gasteiger partial charge in [-0.3, -0.25) is 14.6 Å². The number of hydrogen-bond donors (Lipinski definition) is 2. The third-order valence-electron chi connectivity index (χ3n) is 5.50. The number of aromatic nitrogens is 3. The van der Waals surface area contributed by atoms with Crippen LogP contribution in [0.5, 0.6) is 0 Å². The van der Waals surface area contributed by atoms with Gasteiger partial charge in [0.05, 0.1) is 35.9 Å². The first kappa shape index (κ1) is 22.0. The second-order valence-corrected chi connectivity index (χ2v) is 8.60. The number of nitrogens with zero attached hydrogens (tertiary/aromatic N) is 2. The van der Waals surface area contributed by atoms with Crippen LogP contribution in [0.3, 0.4) is 0 Å². The van der Waals surface area contributed by atoms with E-state index in [9.17, 15) is 9.59 Å². The second kappa shape index (κ2) is 10.4. The summed E-state index contributed by atoms with van der Waals surface area (Å²) in [7, 11) is 0. The molecule has 0 aliphatic carbocycles. The fourth-order valence-corrected chi connectivity index (χ4v) is 4.24. The molecule has 7 nitrogen and oxygen atoms in total. The average molecular weight is 451 g/mol. The largest absolute Gasteiger partial charge is 0.464 e. The van der Waals surface area contributed by atoms with Gasteiger partial charge in [0.25, 0.3) is 5.91 Å². The number of furan rings is 1. The zero-order valence-electron chi connectivity index (χ0n) is 18.0. The van der Waals surface area contributed by atoms with Gasteiger partial charge in [-0.1, -0.05) is 31.9 Å². The van der Waals surface area contributed by atoms with Crippen molar-refractivity contribution in [1.29, 1.82) is 0 Å². The van der Waals surface area contributed by atoms with Crippen LogP contribution in [0, 0.1) is 0 Å². The van der Waals surface area contributed by atoms with Crippen LogP contribution in [0.2, 0.25) is 0 Å². The van der Waals surface area contributed by atoms with Crippen molar-refractivity contribution in [1.82, 2.24) is 20.3 Å². The van der Waals surface area contributed by atoms with Gasteiger partial charge in [0.2, 0.25) is 0 Å². The number of aromatic amines is 1. The van der Waals surface area contributed by atoms with E-state index in [0.717, 1.165) is 47.9 Å². The van der Waals surface area contributed by atoms with Gasteiger partial charge >= 0.3 is 0 Å². The molecule has 0 saturated heterocycles. The fourth-order valence-electron chi connectivity index (χ4n) is 3.71. The smallest absolute Gasteiger partial charge is 0.263 e. The normalized spacial score (nSPS) is 12.2. The highest BCUT2D eigenvalue weighted by Gasteiger charge is 2.20. The summed E-state index contributed by atoms with van der Waals surface area (Å²) < 4.78 is 5.66. The molecule has 0 fully saturated rings. The topological polar surface area (TPSA) is 101 Å². The van der Waals surface area contributed by atoms with E-state index in [4.69, 9.17) is 4.42 Å². The number of unbranched alkanes of at least 4 members (excludes halogenated alkanes) is 2. The van der Waals surface area contributed by atoms with Crippen molar-refractivity contribution in [3.8, 4) is 11.3 Å². The molecule has 1 aromatic carbocycles. The molecule has 0 aliphatic rings. The Hall–Kier alpha value is -3.26. The fraction of sp³-hybridized carbons (Fsp3) is 0.333. The minimum Gasteiger partial charge on any atom is -0.464 e. The number of benzene rings is 1. The van der Waals surface area contributed by atoms with Gasteiger partial charge < -0.3 is 14.7 Å². The van der Waals surface area contributed by atoms with Gasteiger partial charge in [0.15, 0.2) is 0 Å². The van der Waals surface area contributed by atoms with Gasteiger partial charge in [-0.25, -0.2) is 4.98 Å². The molecule has 8 heteroatoms. The maximum absolute atomic E-state index is 12.7. The quantitative estimate of drug-likeness (QED) is 0.286. The lowest BCUT2D eigenvalue weighted by Gasteiger charge is -2.16. The number of thiazole rings is 1. The Balaban J connectivity index is 1.49. The van der Waals surface area contributed by atoms with Gasteiger partial charge in [0.1, 0.15) is 22.1 Å². The molecular weight excluding hydrogens is 424 g/mol. The van der Waals surface area contributed by atoms with Crippen molar-refractivity contribution in [3.05, 3.63) is 59.1 Å². The number of carbonyl (C=O) groups is 2. The molecule has 0 aliphatic heterocycles. The number of H-pyrrole nitrogens is 1. The molecule has 32 heavy (non-hydrogen) atoms. The number of ketones is 1. The highest BCUT2D eigenvalue weighted by molar-refractivity contribution is 7.11. The molecule has 0 saturated carbocycles. The molecule has 3 heterocycles. The summed E-state index contributed by atoms with van der Waals surface area (Å²) in [5, 5.41) is 4.11. The van der Waals surface area contributed by atoms with E-state index >= 15 is 0 Å². The summed E-state index contributed by atoms with van der Waals surface area (Å²) in [6.45, 7) is 1.89. The van der Waals surface area contributed by atoms with E-state index in [2.05, 4.69) is 20.3 Å². The summed E-state index contributed by atoms with van der Waals surface area (Å²) in [4.78, 5) is 36.7. The average Bonchev–Trinajstić information content (AvgIpc) is 3.58. The van der Waals surface area contributed by atoms with Crippen molar-refractivity contribution in [3.63, 3.8) is 0 Å². The highest BCUT2D eigenvalue weighted by Crippen LogP contribution is 2.29. The number of nitrogens with one attached hydrogen (secondary N) is 2. The van der Waals surface area contributed by atoms with E-state index in [1.54, 1.807) is 24.2 Å². The molecule has 0 bridgehead atoms. The van der Waals surface area contributed by atoms with Gasteiger partial charge in [0, 0.05) is 23.8 Å². The van der Waals surface area contributed by atoms with Crippen molar-refractivity contribution in [2.45, 2.75) is 51.5 Å². The summed E-state index contributed by atoms with van der Waals surface area (Å²) in [5.41, 5.74) is 4.21. The Morgan fingerprint density at radius 3 is 2.91 bits per heavy atom. The second-order valence-electron chi connectivity index (χ2n) is 7.71. The number of amides is 1. The highest BCUT2D eigenvalue weighted by atomic mass is 32.1. The first-order chi connectivity index (χ1) is 15.7. The molecule has 1 amide bonds. The van der Waals surface area contributed by atoms with Crippen LogP contribution in [0.25, 0.3) is 22.2 Å². The van der Waals surface area contributed by atoms with E-state index < -0.39 is 0 Å². The summed E-state index contributed by atoms with van der Waals surface area (Å²) in [5.74, 6) is 0.832. The monoisotopic (exact) mass is 450 g/mol. The van der Waals surface area contributed by atoms with Gasteiger partial charge in [-0.2, -0.15) is 0 Å².